The van der Waals surface area contributed by atoms with Crippen LogP contribution in [0.1, 0.15) is 10.5 Å². The van der Waals surface area contributed by atoms with Crippen molar-refractivity contribution in [2.24, 2.45) is 0 Å². The Morgan fingerprint density at radius 3 is 2.75 bits per heavy atom. The van der Waals surface area contributed by atoms with Gasteiger partial charge in [0.2, 0.25) is 0 Å². The molecule has 0 unspecified atom stereocenters. The molecule has 8 heteroatoms. The molecule has 0 aliphatic rings. The van der Waals surface area contributed by atoms with Gasteiger partial charge in [-0.2, -0.15) is 0 Å². The summed E-state index contributed by atoms with van der Waals surface area (Å²) in [4.78, 5) is 34.8. The SMILES string of the molecule is O=C(Nc1cnc(Br)cn1)c1c[nH]c(=O)[nH]1. The fourth-order valence-corrected chi connectivity index (χ4v) is 1.22. The maximum absolute atomic E-state index is 11.5. The number of amides is 1. The van der Waals surface area contributed by atoms with Crippen LogP contribution in [-0.2, 0) is 0 Å². The first-order chi connectivity index (χ1) is 7.65. The highest BCUT2D eigenvalue weighted by molar-refractivity contribution is 9.10. The van der Waals surface area contributed by atoms with E-state index >= 15 is 0 Å². The second-order valence-corrected chi connectivity index (χ2v) is 3.65. The summed E-state index contributed by atoms with van der Waals surface area (Å²) < 4.78 is 0.570. The fraction of sp³-hybridized carbons (Fsp3) is 0. The first-order valence-electron chi connectivity index (χ1n) is 4.22. The number of hydrogen-bond donors (Lipinski definition) is 3. The van der Waals surface area contributed by atoms with Crippen LogP contribution in [0.2, 0.25) is 0 Å². The minimum Gasteiger partial charge on any atom is -0.312 e. The van der Waals surface area contributed by atoms with E-state index in [4.69, 9.17) is 0 Å². The van der Waals surface area contributed by atoms with E-state index in [1.165, 1.54) is 18.6 Å². The Kier molecular flexibility index (Phi) is 2.82. The maximum atomic E-state index is 11.5. The van der Waals surface area contributed by atoms with E-state index in [2.05, 4.69) is 41.2 Å². The summed E-state index contributed by atoms with van der Waals surface area (Å²) >= 11 is 3.12. The van der Waals surface area contributed by atoms with Gasteiger partial charge in [-0.15, -0.1) is 0 Å². The van der Waals surface area contributed by atoms with E-state index in [-0.39, 0.29) is 5.69 Å². The second-order valence-electron chi connectivity index (χ2n) is 2.83. The molecular weight excluding hydrogens is 278 g/mol. The number of nitrogens with zero attached hydrogens (tertiary/aromatic N) is 2. The highest BCUT2D eigenvalue weighted by Gasteiger charge is 2.08. The number of halogens is 1. The number of carbonyl (C=O) groups excluding carboxylic acids is 1. The molecular formula is C8H6BrN5O2. The summed E-state index contributed by atoms with van der Waals surface area (Å²) in [5, 5.41) is 2.48. The van der Waals surface area contributed by atoms with E-state index in [0.29, 0.717) is 10.4 Å². The molecule has 0 aliphatic carbocycles. The van der Waals surface area contributed by atoms with Crippen LogP contribution in [0.4, 0.5) is 5.82 Å². The van der Waals surface area contributed by atoms with E-state index in [1.54, 1.807) is 0 Å². The number of nitrogens with one attached hydrogen (secondary N) is 3. The molecule has 16 heavy (non-hydrogen) atoms. The third-order valence-electron chi connectivity index (χ3n) is 1.70. The zero-order chi connectivity index (χ0) is 11.5. The molecule has 0 atom stereocenters. The van der Waals surface area contributed by atoms with Gasteiger partial charge in [0, 0.05) is 6.20 Å². The van der Waals surface area contributed by atoms with Crippen LogP contribution < -0.4 is 11.0 Å². The number of H-pyrrole nitrogens is 2. The van der Waals surface area contributed by atoms with Crippen molar-refractivity contribution in [1.29, 1.82) is 0 Å². The standard InChI is InChI=1S/C8H6BrN5O2/c9-5-2-11-6(3-10-5)14-7(15)4-1-12-8(16)13-4/h1-3H,(H,11,14,15)(H2,12,13,16). The molecule has 0 bridgehead atoms. The van der Waals surface area contributed by atoms with E-state index in [1.807, 2.05) is 0 Å². The highest BCUT2D eigenvalue weighted by Crippen LogP contribution is 2.06. The molecule has 0 spiro atoms. The molecule has 2 aromatic rings. The molecule has 0 aromatic carbocycles. The van der Waals surface area contributed by atoms with E-state index in [9.17, 15) is 9.59 Å². The van der Waals surface area contributed by atoms with Crippen molar-refractivity contribution in [2.45, 2.75) is 0 Å². The van der Waals surface area contributed by atoms with Gasteiger partial charge in [0.1, 0.15) is 10.3 Å². The summed E-state index contributed by atoms with van der Waals surface area (Å²) in [7, 11) is 0. The molecule has 0 radical (unpaired) electrons. The summed E-state index contributed by atoms with van der Waals surface area (Å²) in [5.41, 5.74) is -0.304. The Hall–Kier alpha value is -1.96. The minimum atomic E-state index is -0.463. The largest absolute Gasteiger partial charge is 0.323 e. The summed E-state index contributed by atoms with van der Waals surface area (Å²) in [5.74, 6) is -0.162. The lowest BCUT2D eigenvalue weighted by Gasteiger charge is -2.00. The van der Waals surface area contributed by atoms with Crippen LogP contribution in [0.3, 0.4) is 0 Å². The van der Waals surface area contributed by atoms with Crippen molar-refractivity contribution >= 4 is 27.7 Å². The number of carbonyl (C=O) groups is 1. The summed E-state index contributed by atoms with van der Waals surface area (Å²) in [6, 6.07) is 0. The van der Waals surface area contributed by atoms with E-state index in [0.717, 1.165) is 0 Å². The Morgan fingerprint density at radius 2 is 2.19 bits per heavy atom. The van der Waals surface area contributed by atoms with Crippen molar-refractivity contribution < 1.29 is 4.79 Å². The van der Waals surface area contributed by atoms with Crippen LogP contribution >= 0.6 is 15.9 Å². The van der Waals surface area contributed by atoms with Gasteiger partial charge in [-0.3, -0.25) is 4.79 Å². The smallest absolute Gasteiger partial charge is 0.312 e. The molecule has 2 aromatic heterocycles. The van der Waals surface area contributed by atoms with Gasteiger partial charge in [-0.1, -0.05) is 0 Å². The predicted octanol–water partition coefficient (Wildman–Crippen LogP) is 0.508. The van der Waals surface area contributed by atoms with Crippen molar-refractivity contribution in [3.8, 4) is 0 Å². The zero-order valence-corrected chi connectivity index (χ0v) is 9.41. The van der Waals surface area contributed by atoms with Crippen LogP contribution in [0.25, 0.3) is 0 Å². The molecule has 0 aliphatic heterocycles. The lowest BCUT2D eigenvalue weighted by molar-refractivity contribution is 0.102. The van der Waals surface area contributed by atoms with Crippen molar-refractivity contribution in [3.63, 3.8) is 0 Å². The van der Waals surface area contributed by atoms with Gasteiger partial charge < -0.3 is 15.3 Å². The van der Waals surface area contributed by atoms with Crippen LogP contribution in [0.15, 0.2) is 28.0 Å². The summed E-state index contributed by atoms with van der Waals surface area (Å²) in [6.07, 6.45) is 4.13. The average molecular weight is 284 g/mol. The molecule has 2 rings (SSSR count). The van der Waals surface area contributed by atoms with Gasteiger partial charge in [0.05, 0.1) is 12.4 Å². The molecule has 0 saturated carbocycles. The summed E-state index contributed by atoms with van der Waals surface area (Å²) in [6.45, 7) is 0. The first kappa shape index (κ1) is 10.6. The topological polar surface area (TPSA) is 104 Å². The zero-order valence-electron chi connectivity index (χ0n) is 7.82. The molecule has 2 heterocycles. The number of rotatable bonds is 2. The molecule has 82 valence electrons. The number of hydrogen-bond acceptors (Lipinski definition) is 4. The van der Waals surface area contributed by atoms with Gasteiger partial charge in [0.15, 0.2) is 5.82 Å². The Labute approximate surface area is 97.5 Å². The van der Waals surface area contributed by atoms with Gasteiger partial charge in [-0.05, 0) is 15.9 Å². The quantitative estimate of drug-likeness (QED) is 0.747. The molecule has 0 fully saturated rings. The van der Waals surface area contributed by atoms with Gasteiger partial charge in [-0.25, -0.2) is 14.8 Å². The first-order valence-corrected chi connectivity index (χ1v) is 5.01. The third-order valence-corrected chi connectivity index (χ3v) is 2.11. The molecule has 3 N–H and O–H groups in total. The van der Waals surface area contributed by atoms with E-state index < -0.39 is 11.6 Å². The van der Waals surface area contributed by atoms with Crippen LogP contribution in [0, 0.1) is 0 Å². The highest BCUT2D eigenvalue weighted by atomic mass is 79.9. The Balaban J connectivity index is 2.13. The second kappa shape index (κ2) is 4.27. The Morgan fingerprint density at radius 1 is 1.38 bits per heavy atom. The third kappa shape index (κ3) is 2.34. The lowest BCUT2D eigenvalue weighted by atomic mass is 10.4. The van der Waals surface area contributed by atoms with Crippen molar-refractivity contribution in [3.05, 3.63) is 39.4 Å². The number of anilines is 1. The minimum absolute atomic E-state index is 0.134. The van der Waals surface area contributed by atoms with Gasteiger partial charge in [0.25, 0.3) is 5.91 Å². The average Bonchev–Trinajstić information content (AvgIpc) is 2.68. The van der Waals surface area contributed by atoms with Crippen LogP contribution in [0.5, 0.6) is 0 Å². The number of aromatic amines is 2. The maximum Gasteiger partial charge on any atom is 0.323 e. The lowest BCUT2D eigenvalue weighted by Crippen LogP contribution is -2.15. The van der Waals surface area contributed by atoms with Crippen LogP contribution in [-0.4, -0.2) is 25.8 Å². The molecule has 7 nitrogen and oxygen atoms in total. The van der Waals surface area contributed by atoms with Crippen molar-refractivity contribution in [2.75, 3.05) is 5.32 Å². The molecule has 1 amide bonds. The Bertz CT molecular complexity index is 558. The monoisotopic (exact) mass is 283 g/mol. The van der Waals surface area contributed by atoms with Gasteiger partial charge >= 0.3 is 5.69 Å². The predicted molar refractivity (Wildman–Crippen MR) is 59.1 cm³/mol. The number of aromatic nitrogens is 4. The molecule has 0 saturated heterocycles. The van der Waals surface area contributed by atoms with Crippen molar-refractivity contribution in [1.82, 2.24) is 19.9 Å². The number of imidazole rings is 1. The fourth-order valence-electron chi connectivity index (χ4n) is 1.01. The normalized spacial score (nSPS) is 10.1.